The Hall–Kier alpha value is -1.51. The van der Waals surface area contributed by atoms with Crippen molar-refractivity contribution < 1.29 is 4.79 Å². The van der Waals surface area contributed by atoms with Gasteiger partial charge in [0, 0.05) is 46.5 Å². The van der Waals surface area contributed by atoms with Gasteiger partial charge in [-0.15, -0.1) is 24.0 Å². The summed E-state index contributed by atoms with van der Waals surface area (Å²) in [7, 11) is 5.61. The Kier molecular flexibility index (Phi) is 10.4. The van der Waals surface area contributed by atoms with Gasteiger partial charge in [0.25, 0.3) is 0 Å². The van der Waals surface area contributed by atoms with Gasteiger partial charge in [-0.25, -0.2) is 4.99 Å². The van der Waals surface area contributed by atoms with Crippen LogP contribution in [0.2, 0.25) is 0 Å². The lowest BCUT2D eigenvalue weighted by molar-refractivity contribution is -0.127. The van der Waals surface area contributed by atoms with Crippen LogP contribution in [-0.2, 0) is 4.79 Å². The number of likely N-dealkylation sites (N-methyl/N-ethyl adjacent to an activating group) is 1. The van der Waals surface area contributed by atoms with Gasteiger partial charge in [-0.05, 0) is 37.3 Å². The van der Waals surface area contributed by atoms with Gasteiger partial charge in [-0.1, -0.05) is 18.2 Å². The first-order valence-corrected chi connectivity index (χ1v) is 9.05. The highest BCUT2D eigenvalue weighted by atomic mass is 127. The van der Waals surface area contributed by atoms with Crippen LogP contribution in [0.25, 0.3) is 0 Å². The fourth-order valence-electron chi connectivity index (χ4n) is 2.36. The molecule has 1 aromatic rings. The molecule has 1 saturated carbocycles. The lowest BCUT2D eigenvalue weighted by Crippen LogP contribution is -2.40. The maximum atomic E-state index is 11.7. The van der Waals surface area contributed by atoms with Crippen molar-refractivity contribution in [2.75, 3.05) is 52.2 Å². The van der Waals surface area contributed by atoms with Gasteiger partial charge < -0.3 is 20.4 Å². The van der Waals surface area contributed by atoms with Gasteiger partial charge in [0.1, 0.15) is 6.54 Å². The van der Waals surface area contributed by atoms with Crippen molar-refractivity contribution >= 4 is 41.5 Å². The highest BCUT2D eigenvalue weighted by molar-refractivity contribution is 14.0. The molecule has 2 N–H and O–H groups in total. The number of carbonyl (C=O) groups excluding carboxylic acids is 1. The van der Waals surface area contributed by atoms with E-state index in [1.54, 1.807) is 19.0 Å². The first kappa shape index (κ1) is 22.5. The second kappa shape index (κ2) is 12.0. The number of anilines is 1. The third-order valence-corrected chi connectivity index (χ3v) is 4.29. The summed E-state index contributed by atoms with van der Waals surface area (Å²) < 4.78 is 0. The van der Waals surface area contributed by atoms with Crippen LogP contribution in [0.1, 0.15) is 19.3 Å². The van der Waals surface area contributed by atoms with Crippen LogP contribution >= 0.6 is 24.0 Å². The SMILES string of the molecule is CN(C)C(=O)CN=C(NCCCN(C)c1ccccc1)NCC1CC1.I. The van der Waals surface area contributed by atoms with Crippen molar-refractivity contribution in [2.24, 2.45) is 10.9 Å². The zero-order valence-corrected chi connectivity index (χ0v) is 18.4. The van der Waals surface area contributed by atoms with E-state index in [9.17, 15) is 4.79 Å². The second-order valence-corrected chi connectivity index (χ2v) is 6.81. The molecular weight excluding hydrogens is 441 g/mol. The third kappa shape index (κ3) is 8.73. The van der Waals surface area contributed by atoms with Crippen LogP contribution in [0.3, 0.4) is 0 Å². The molecular formula is C19H32IN5O. The number of halogens is 1. The Morgan fingerprint density at radius 2 is 1.85 bits per heavy atom. The molecule has 146 valence electrons. The van der Waals surface area contributed by atoms with Crippen LogP contribution < -0.4 is 15.5 Å². The van der Waals surface area contributed by atoms with Crippen LogP contribution in [0, 0.1) is 5.92 Å². The Labute approximate surface area is 174 Å². The number of benzene rings is 1. The Bertz CT molecular complexity index is 560. The van der Waals surface area contributed by atoms with E-state index in [0.717, 1.165) is 37.9 Å². The fourth-order valence-corrected chi connectivity index (χ4v) is 2.36. The van der Waals surface area contributed by atoms with Gasteiger partial charge in [0.15, 0.2) is 5.96 Å². The zero-order valence-electron chi connectivity index (χ0n) is 16.1. The third-order valence-electron chi connectivity index (χ3n) is 4.29. The van der Waals surface area contributed by atoms with Gasteiger partial charge >= 0.3 is 0 Å². The molecule has 26 heavy (non-hydrogen) atoms. The van der Waals surface area contributed by atoms with E-state index >= 15 is 0 Å². The van der Waals surface area contributed by atoms with E-state index < -0.39 is 0 Å². The number of nitrogens with one attached hydrogen (secondary N) is 2. The molecule has 1 aromatic carbocycles. The molecule has 0 bridgehead atoms. The minimum atomic E-state index is 0. The van der Waals surface area contributed by atoms with Crippen LogP contribution in [0.5, 0.6) is 0 Å². The number of aliphatic imine (C=N–C) groups is 1. The van der Waals surface area contributed by atoms with E-state index in [1.165, 1.54) is 18.5 Å². The number of hydrogen-bond donors (Lipinski definition) is 2. The Morgan fingerprint density at radius 1 is 1.15 bits per heavy atom. The molecule has 1 aliphatic rings. The predicted molar refractivity (Wildman–Crippen MR) is 119 cm³/mol. The smallest absolute Gasteiger partial charge is 0.243 e. The first-order valence-electron chi connectivity index (χ1n) is 9.05. The number of hydrogen-bond acceptors (Lipinski definition) is 3. The molecule has 7 heteroatoms. The number of rotatable bonds is 9. The van der Waals surface area contributed by atoms with Gasteiger partial charge in [-0.2, -0.15) is 0 Å². The summed E-state index contributed by atoms with van der Waals surface area (Å²) in [6.07, 6.45) is 3.58. The molecule has 0 atom stereocenters. The number of nitrogens with zero attached hydrogens (tertiary/aromatic N) is 3. The maximum Gasteiger partial charge on any atom is 0.243 e. The summed E-state index contributed by atoms with van der Waals surface area (Å²) in [5.41, 5.74) is 1.22. The van der Waals surface area contributed by atoms with Gasteiger partial charge in [0.2, 0.25) is 5.91 Å². The molecule has 1 amide bonds. The van der Waals surface area contributed by atoms with E-state index in [0.29, 0.717) is 0 Å². The summed E-state index contributed by atoms with van der Waals surface area (Å²) in [4.78, 5) is 19.9. The molecule has 1 aliphatic carbocycles. The zero-order chi connectivity index (χ0) is 18.1. The summed E-state index contributed by atoms with van der Waals surface area (Å²) in [5, 5.41) is 6.70. The topological polar surface area (TPSA) is 60.0 Å². The molecule has 0 aromatic heterocycles. The van der Waals surface area contributed by atoms with E-state index in [4.69, 9.17) is 0 Å². The van der Waals surface area contributed by atoms with Crippen molar-refractivity contribution in [1.29, 1.82) is 0 Å². The normalized spacial score (nSPS) is 13.6. The highest BCUT2D eigenvalue weighted by Crippen LogP contribution is 2.27. The van der Waals surface area contributed by atoms with Crippen LogP contribution in [0.15, 0.2) is 35.3 Å². The summed E-state index contributed by atoms with van der Waals surface area (Å²) >= 11 is 0. The van der Waals surface area contributed by atoms with E-state index in [2.05, 4.69) is 51.8 Å². The summed E-state index contributed by atoms with van der Waals surface area (Å²) in [5.74, 6) is 1.52. The molecule has 0 aliphatic heterocycles. The molecule has 0 spiro atoms. The molecule has 0 radical (unpaired) electrons. The lowest BCUT2D eigenvalue weighted by Gasteiger charge is -2.20. The quantitative estimate of drug-likeness (QED) is 0.250. The monoisotopic (exact) mass is 473 g/mol. The number of amides is 1. The van der Waals surface area contributed by atoms with Crippen molar-refractivity contribution in [2.45, 2.75) is 19.3 Å². The lowest BCUT2D eigenvalue weighted by atomic mass is 10.3. The average Bonchev–Trinajstić information content (AvgIpc) is 3.44. The first-order chi connectivity index (χ1) is 12.1. The Balaban J connectivity index is 0.00000338. The standard InChI is InChI=1S/C19H31N5O.HI/c1-23(2)18(25)15-22-19(21-14-16-10-11-16)20-12-7-13-24(3)17-8-5-4-6-9-17;/h4-6,8-9,16H,7,10-15H2,1-3H3,(H2,20,21,22);1H. The molecule has 0 heterocycles. The molecule has 6 nitrogen and oxygen atoms in total. The van der Waals surface area contributed by atoms with Crippen molar-refractivity contribution in [3.05, 3.63) is 30.3 Å². The largest absolute Gasteiger partial charge is 0.375 e. The van der Waals surface area contributed by atoms with Gasteiger partial charge in [0.05, 0.1) is 0 Å². The summed E-state index contributed by atoms with van der Waals surface area (Å²) in [6, 6.07) is 10.4. The minimum Gasteiger partial charge on any atom is -0.375 e. The van der Waals surface area contributed by atoms with Crippen molar-refractivity contribution in [3.63, 3.8) is 0 Å². The molecule has 0 unspecified atom stereocenters. The molecule has 1 fully saturated rings. The second-order valence-electron chi connectivity index (χ2n) is 6.81. The maximum absolute atomic E-state index is 11.7. The van der Waals surface area contributed by atoms with Crippen molar-refractivity contribution in [1.82, 2.24) is 15.5 Å². The van der Waals surface area contributed by atoms with Crippen molar-refractivity contribution in [3.8, 4) is 0 Å². The molecule has 0 saturated heterocycles. The summed E-state index contributed by atoms with van der Waals surface area (Å²) in [6.45, 7) is 2.90. The highest BCUT2D eigenvalue weighted by Gasteiger charge is 2.21. The van der Waals surface area contributed by atoms with Crippen LogP contribution in [0.4, 0.5) is 5.69 Å². The number of para-hydroxylation sites is 1. The minimum absolute atomic E-state index is 0. The average molecular weight is 473 g/mol. The van der Waals surface area contributed by atoms with E-state index in [1.807, 2.05) is 6.07 Å². The predicted octanol–water partition coefficient (Wildman–Crippen LogP) is 2.16. The van der Waals surface area contributed by atoms with Crippen LogP contribution in [-0.4, -0.2) is 64.1 Å². The number of carbonyl (C=O) groups is 1. The number of guanidine groups is 1. The molecule has 2 rings (SSSR count). The Morgan fingerprint density at radius 3 is 2.46 bits per heavy atom. The fraction of sp³-hybridized carbons (Fsp3) is 0.579. The van der Waals surface area contributed by atoms with E-state index in [-0.39, 0.29) is 36.4 Å². The van der Waals surface area contributed by atoms with Gasteiger partial charge in [-0.3, -0.25) is 4.79 Å².